The van der Waals surface area contributed by atoms with Gasteiger partial charge in [0, 0.05) is 22.1 Å². The summed E-state index contributed by atoms with van der Waals surface area (Å²) in [5, 5.41) is 2.33. The molecule has 0 saturated heterocycles. The van der Waals surface area contributed by atoms with Crippen LogP contribution in [-0.4, -0.2) is 9.97 Å². The highest BCUT2D eigenvalue weighted by Crippen LogP contribution is 2.59. The van der Waals surface area contributed by atoms with Crippen molar-refractivity contribution in [1.29, 1.82) is 0 Å². The van der Waals surface area contributed by atoms with Crippen molar-refractivity contribution in [2.24, 2.45) is 0 Å². The molecule has 1 heterocycles. The maximum Gasteiger partial charge on any atom is 0.160 e. The first-order chi connectivity index (χ1) is 30.5. The fourth-order valence-corrected chi connectivity index (χ4v) is 10.9. The van der Waals surface area contributed by atoms with Crippen LogP contribution in [0.15, 0.2) is 218 Å². The Morgan fingerprint density at radius 3 is 1.50 bits per heavy atom. The highest BCUT2D eigenvalue weighted by atomic mass is 14.9. The van der Waals surface area contributed by atoms with Gasteiger partial charge in [0.25, 0.3) is 0 Å². The van der Waals surface area contributed by atoms with Gasteiger partial charge in [-0.25, -0.2) is 9.97 Å². The number of nitrogens with zero attached hydrogens (tertiary/aromatic N) is 2. The van der Waals surface area contributed by atoms with E-state index < -0.39 is 5.41 Å². The van der Waals surface area contributed by atoms with Gasteiger partial charge in [0.1, 0.15) is 0 Å². The second-order valence-electron chi connectivity index (χ2n) is 17.2. The molecule has 0 radical (unpaired) electrons. The Hall–Kier alpha value is -7.68. The quantitative estimate of drug-likeness (QED) is 0.168. The molecule has 10 aromatic rings. The number of hydrogen-bond acceptors (Lipinski definition) is 2. The maximum atomic E-state index is 5.39. The lowest BCUT2D eigenvalue weighted by Gasteiger charge is -2.35. The van der Waals surface area contributed by atoms with Crippen LogP contribution in [-0.2, 0) is 10.8 Å². The van der Waals surface area contributed by atoms with E-state index in [9.17, 15) is 0 Å². The van der Waals surface area contributed by atoms with Crippen molar-refractivity contribution in [3.05, 3.63) is 252 Å². The average molecular weight is 791 g/mol. The lowest BCUT2D eigenvalue weighted by atomic mass is 9.66. The van der Waals surface area contributed by atoms with Crippen molar-refractivity contribution in [2.45, 2.75) is 24.7 Å². The summed E-state index contributed by atoms with van der Waals surface area (Å²) in [6.07, 6.45) is 0. The van der Waals surface area contributed by atoms with E-state index in [1.54, 1.807) is 0 Å². The van der Waals surface area contributed by atoms with Crippen molar-refractivity contribution in [1.82, 2.24) is 9.97 Å². The molecule has 0 bridgehead atoms. The van der Waals surface area contributed by atoms with E-state index in [1.165, 1.54) is 72.1 Å². The molecule has 0 atom stereocenters. The van der Waals surface area contributed by atoms with Gasteiger partial charge in [-0.3, -0.25) is 0 Å². The van der Waals surface area contributed by atoms with E-state index in [1.807, 2.05) is 6.07 Å². The minimum Gasteiger partial charge on any atom is -0.228 e. The molecule has 2 heteroatoms. The second-order valence-corrected chi connectivity index (χ2v) is 17.2. The molecule has 0 fully saturated rings. The summed E-state index contributed by atoms with van der Waals surface area (Å²) in [5.74, 6) is 0.712. The molecule has 0 N–H and O–H groups in total. The Bertz CT molecular complexity index is 3330. The SMILES string of the molecule is CC1(C)c2ccccc2-c2c(-c3cc(-c4ccc(-c5cccc6c5C(c5ccccc5)(c5ccccc5)c5ccccc5-6)c5ccccc45)nc(-c4ccccc4)n3)cccc21. The molecule has 0 spiro atoms. The Morgan fingerprint density at radius 2 is 0.806 bits per heavy atom. The van der Waals surface area contributed by atoms with Crippen molar-refractivity contribution in [3.8, 4) is 67.3 Å². The van der Waals surface area contributed by atoms with Gasteiger partial charge in [-0.05, 0) is 83.6 Å². The summed E-state index contributed by atoms with van der Waals surface area (Å²) in [6, 6.07) is 79.7. The van der Waals surface area contributed by atoms with Gasteiger partial charge in [0.15, 0.2) is 5.82 Å². The van der Waals surface area contributed by atoms with Gasteiger partial charge in [-0.1, -0.05) is 226 Å². The van der Waals surface area contributed by atoms with Crippen molar-refractivity contribution < 1.29 is 0 Å². The van der Waals surface area contributed by atoms with Crippen LogP contribution >= 0.6 is 0 Å². The second kappa shape index (κ2) is 13.9. The monoisotopic (exact) mass is 790 g/mol. The van der Waals surface area contributed by atoms with Crippen LogP contribution in [0.5, 0.6) is 0 Å². The molecule has 1 aromatic heterocycles. The van der Waals surface area contributed by atoms with Crippen LogP contribution in [0.25, 0.3) is 78.1 Å². The molecule has 2 aliphatic rings. The summed E-state index contributed by atoms with van der Waals surface area (Å²) in [4.78, 5) is 10.8. The van der Waals surface area contributed by atoms with Crippen LogP contribution in [0.4, 0.5) is 0 Å². The van der Waals surface area contributed by atoms with Crippen LogP contribution < -0.4 is 0 Å². The van der Waals surface area contributed by atoms with Crippen LogP contribution in [0.2, 0.25) is 0 Å². The van der Waals surface area contributed by atoms with E-state index in [4.69, 9.17) is 9.97 Å². The highest BCUT2D eigenvalue weighted by molar-refractivity contribution is 6.07. The average Bonchev–Trinajstić information content (AvgIpc) is 3.78. The third-order valence-corrected chi connectivity index (χ3v) is 13.6. The summed E-state index contributed by atoms with van der Waals surface area (Å²) >= 11 is 0. The van der Waals surface area contributed by atoms with Gasteiger partial charge >= 0.3 is 0 Å². The topological polar surface area (TPSA) is 25.8 Å². The summed E-state index contributed by atoms with van der Waals surface area (Å²) in [6.45, 7) is 4.67. The number of aromatic nitrogens is 2. The summed E-state index contributed by atoms with van der Waals surface area (Å²) < 4.78 is 0. The van der Waals surface area contributed by atoms with Crippen LogP contribution in [0.3, 0.4) is 0 Å². The van der Waals surface area contributed by atoms with E-state index in [0.29, 0.717) is 5.82 Å². The van der Waals surface area contributed by atoms with Gasteiger partial charge in [-0.2, -0.15) is 0 Å². The van der Waals surface area contributed by atoms with Crippen LogP contribution in [0.1, 0.15) is 47.2 Å². The minimum atomic E-state index is -0.528. The molecule has 12 rings (SSSR count). The van der Waals surface area contributed by atoms with E-state index >= 15 is 0 Å². The van der Waals surface area contributed by atoms with Gasteiger partial charge < -0.3 is 0 Å². The largest absolute Gasteiger partial charge is 0.228 e. The Morgan fingerprint density at radius 1 is 0.339 bits per heavy atom. The lowest BCUT2D eigenvalue weighted by molar-refractivity contribution is 0.660. The standard InChI is InChI=1S/C60H42N2/c1-59(2)51-33-16-15-29-49(51)56-50(32-19-35-53(56)59)55-38-54(61-58(62-55)39-20-6-3-7-21-39)46-37-36-44(42-26-12-13-27-43(42)46)47-30-18-31-48-45-28-14-17-34-52(45)60(57(47)48,40-22-8-4-9-23-40)41-24-10-5-11-25-41/h3-38H,1-2H3. The van der Waals surface area contributed by atoms with Crippen LogP contribution in [0, 0.1) is 0 Å². The van der Waals surface area contributed by atoms with Crippen molar-refractivity contribution in [3.63, 3.8) is 0 Å². The molecule has 62 heavy (non-hydrogen) atoms. The minimum absolute atomic E-state index is 0.121. The molecule has 0 saturated carbocycles. The normalized spacial score (nSPS) is 13.9. The van der Waals surface area contributed by atoms with Crippen molar-refractivity contribution >= 4 is 10.8 Å². The van der Waals surface area contributed by atoms with Crippen molar-refractivity contribution in [2.75, 3.05) is 0 Å². The third kappa shape index (κ3) is 5.23. The molecule has 0 aliphatic heterocycles. The number of rotatable bonds is 6. The Labute approximate surface area is 362 Å². The first kappa shape index (κ1) is 36.2. The first-order valence-electron chi connectivity index (χ1n) is 21.6. The molecular weight excluding hydrogens is 749 g/mol. The molecule has 292 valence electrons. The summed E-state index contributed by atoms with van der Waals surface area (Å²) in [7, 11) is 0. The highest BCUT2D eigenvalue weighted by Gasteiger charge is 2.47. The molecule has 0 amide bonds. The van der Waals surface area contributed by atoms with E-state index in [2.05, 4.69) is 226 Å². The number of fused-ring (bicyclic) bond motifs is 7. The molecule has 2 nitrogen and oxygen atoms in total. The number of benzene rings is 9. The Kier molecular flexibility index (Phi) is 8.14. The fourth-order valence-electron chi connectivity index (χ4n) is 10.9. The molecular formula is C60H42N2. The summed E-state index contributed by atoms with van der Waals surface area (Å²) in [5.41, 5.74) is 19.7. The maximum absolute atomic E-state index is 5.39. The zero-order valence-electron chi connectivity index (χ0n) is 34.7. The molecule has 2 aliphatic carbocycles. The van der Waals surface area contributed by atoms with Gasteiger partial charge in [0.2, 0.25) is 0 Å². The lowest BCUT2D eigenvalue weighted by Crippen LogP contribution is -2.29. The van der Waals surface area contributed by atoms with E-state index in [0.717, 1.165) is 33.5 Å². The number of hydrogen-bond donors (Lipinski definition) is 0. The zero-order chi connectivity index (χ0) is 41.4. The first-order valence-corrected chi connectivity index (χ1v) is 21.6. The Balaban J connectivity index is 1.11. The zero-order valence-corrected chi connectivity index (χ0v) is 34.7. The fraction of sp³-hybridized carbons (Fsp3) is 0.0667. The van der Waals surface area contributed by atoms with E-state index in [-0.39, 0.29) is 5.41 Å². The predicted molar refractivity (Wildman–Crippen MR) is 256 cm³/mol. The predicted octanol–water partition coefficient (Wildman–Crippen LogP) is 15.0. The smallest absolute Gasteiger partial charge is 0.160 e. The molecule has 0 unspecified atom stereocenters. The van der Waals surface area contributed by atoms with Gasteiger partial charge in [0.05, 0.1) is 16.8 Å². The van der Waals surface area contributed by atoms with Gasteiger partial charge in [-0.15, -0.1) is 0 Å². The molecule has 9 aromatic carbocycles. The third-order valence-electron chi connectivity index (χ3n) is 13.6.